The molecule has 1 aliphatic rings. The molecule has 5 heteroatoms. The number of methoxy groups -OCH3 is 2. The summed E-state index contributed by atoms with van der Waals surface area (Å²) in [6.07, 6.45) is 4.13. The van der Waals surface area contributed by atoms with Crippen molar-refractivity contribution in [3.8, 4) is 11.5 Å². The standard InChI is InChI=1S/C19H30N2O3/c1-4-5-10-20-19(22)16-8-11-21(12-9-16)14-15-6-7-17(23-2)18(13-15)24-3/h6-7,13,16H,4-5,8-12,14H2,1-3H3,(H,20,22)/p+1. The molecular formula is C19H31N2O3+. The van der Waals surface area contributed by atoms with Gasteiger partial charge in [-0.15, -0.1) is 0 Å². The molecule has 0 aromatic heterocycles. The van der Waals surface area contributed by atoms with Crippen LogP contribution >= 0.6 is 0 Å². The maximum atomic E-state index is 12.1. The lowest BCUT2D eigenvalue weighted by Gasteiger charge is -2.28. The van der Waals surface area contributed by atoms with Gasteiger partial charge in [0.1, 0.15) is 6.54 Å². The fraction of sp³-hybridized carbons (Fsp3) is 0.632. The van der Waals surface area contributed by atoms with E-state index in [-0.39, 0.29) is 11.8 Å². The first-order chi connectivity index (χ1) is 11.7. The molecule has 0 aliphatic carbocycles. The Bertz CT molecular complexity index is 525. The highest BCUT2D eigenvalue weighted by Crippen LogP contribution is 2.27. The number of carbonyl (C=O) groups excluding carboxylic acids is 1. The number of quaternary nitrogens is 1. The number of unbranched alkanes of at least 4 members (excludes halogenated alkanes) is 1. The van der Waals surface area contributed by atoms with Crippen molar-refractivity contribution in [2.75, 3.05) is 33.9 Å². The maximum absolute atomic E-state index is 12.1. The molecule has 1 amide bonds. The van der Waals surface area contributed by atoms with Gasteiger partial charge >= 0.3 is 0 Å². The molecule has 0 atom stereocenters. The Kier molecular flexibility index (Phi) is 7.37. The number of likely N-dealkylation sites (tertiary alicyclic amines) is 1. The van der Waals surface area contributed by atoms with Crippen LogP contribution in [-0.2, 0) is 11.3 Å². The summed E-state index contributed by atoms with van der Waals surface area (Å²) in [6, 6.07) is 6.11. The van der Waals surface area contributed by atoms with Crippen molar-refractivity contribution < 1.29 is 19.2 Å². The minimum absolute atomic E-state index is 0.191. The van der Waals surface area contributed by atoms with Crippen LogP contribution in [0.1, 0.15) is 38.2 Å². The van der Waals surface area contributed by atoms with Gasteiger partial charge in [-0.1, -0.05) is 13.3 Å². The summed E-state index contributed by atoms with van der Waals surface area (Å²) < 4.78 is 10.7. The molecule has 2 rings (SSSR count). The van der Waals surface area contributed by atoms with E-state index in [1.165, 1.54) is 10.5 Å². The van der Waals surface area contributed by atoms with E-state index in [0.29, 0.717) is 0 Å². The van der Waals surface area contributed by atoms with Gasteiger partial charge in [0.05, 0.1) is 27.3 Å². The third-order valence-corrected chi connectivity index (χ3v) is 4.80. The lowest BCUT2D eigenvalue weighted by atomic mass is 9.95. The van der Waals surface area contributed by atoms with Gasteiger partial charge in [-0.05, 0) is 24.6 Å². The van der Waals surface area contributed by atoms with Crippen LogP contribution in [0.2, 0.25) is 0 Å². The number of benzene rings is 1. The molecule has 0 unspecified atom stereocenters. The third kappa shape index (κ3) is 5.13. The molecular weight excluding hydrogens is 304 g/mol. The quantitative estimate of drug-likeness (QED) is 0.707. The Morgan fingerprint density at radius 1 is 1.21 bits per heavy atom. The fourth-order valence-corrected chi connectivity index (χ4v) is 3.28. The van der Waals surface area contributed by atoms with Crippen LogP contribution in [0.25, 0.3) is 0 Å². The van der Waals surface area contributed by atoms with Crippen LogP contribution in [0, 0.1) is 5.92 Å². The zero-order valence-electron chi connectivity index (χ0n) is 15.2. The largest absolute Gasteiger partial charge is 0.493 e. The average molecular weight is 335 g/mol. The van der Waals surface area contributed by atoms with Crippen molar-refractivity contribution in [3.05, 3.63) is 23.8 Å². The smallest absolute Gasteiger partial charge is 0.223 e. The van der Waals surface area contributed by atoms with Crippen molar-refractivity contribution in [2.45, 2.75) is 39.2 Å². The minimum atomic E-state index is 0.191. The highest BCUT2D eigenvalue weighted by molar-refractivity contribution is 5.78. The van der Waals surface area contributed by atoms with Crippen LogP contribution in [0.3, 0.4) is 0 Å². The van der Waals surface area contributed by atoms with Gasteiger partial charge in [0.2, 0.25) is 5.91 Å². The molecule has 1 aliphatic heterocycles. The van der Waals surface area contributed by atoms with E-state index < -0.39 is 0 Å². The van der Waals surface area contributed by atoms with E-state index in [1.807, 2.05) is 6.07 Å². The number of hydrogen-bond donors (Lipinski definition) is 2. The van der Waals surface area contributed by atoms with E-state index in [1.54, 1.807) is 14.2 Å². The summed E-state index contributed by atoms with van der Waals surface area (Å²) in [5, 5.41) is 3.07. The second-order valence-corrected chi connectivity index (χ2v) is 6.53. The molecule has 0 saturated carbocycles. The fourth-order valence-electron chi connectivity index (χ4n) is 3.28. The normalized spacial score (nSPS) is 20.5. The lowest BCUT2D eigenvalue weighted by molar-refractivity contribution is -0.919. The Balaban J connectivity index is 1.81. The second-order valence-electron chi connectivity index (χ2n) is 6.53. The molecule has 2 N–H and O–H groups in total. The van der Waals surface area contributed by atoms with Crippen LogP contribution in [0.4, 0.5) is 0 Å². The Hall–Kier alpha value is -1.75. The summed E-state index contributed by atoms with van der Waals surface area (Å²) in [5.74, 6) is 1.97. The van der Waals surface area contributed by atoms with Gasteiger partial charge in [0, 0.05) is 30.9 Å². The van der Waals surface area contributed by atoms with Crippen LogP contribution in [0.5, 0.6) is 11.5 Å². The van der Waals surface area contributed by atoms with E-state index in [0.717, 1.165) is 63.4 Å². The summed E-state index contributed by atoms with van der Waals surface area (Å²) in [5.41, 5.74) is 1.24. The molecule has 5 nitrogen and oxygen atoms in total. The number of amides is 1. The number of carbonyl (C=O) groups is 1. The zero-order valence-corrected chi connectivity index (χ0v) is 15.2. The lowest BCUT2D eigenvalue weighted by Crippen LogP contribution is -3.11. The molecule has 24 heavy (non-hydrogen) atoms. The first-order valence-corrected chi connectivity index (χ1v) is 9.00. The van der Waals surface area contributed by atoms with E-state index in [2.05, 4.69) is 24.4 Å². The minimum Gasteiger partial charge on any atom is -0.493 e. The number of nitrogens with one attached hydrogen (secondary N) is 2. The van der Waals surface area contributed by atoms with Crippen LogP contribution < -0.4 is 19.7 Å². The summed E-state index contributed by atoms with van der Waals surface area (Å²) in [6.45, 7) is 6.00. The zero-order chi connectivity index (χ0) is 17.4. The first-order valence-electron chi connectivity index (χ1n) is 9.00. The Morgan fingerprint density at radius 3 is 2.54 bits per heavy atom. The van der Waals surface area contributed by atoms with Crippen molar-refractivity contribution in [3.63, 3.8) is 0 Å². The summed E-state index contributed by atoms with van der Waals surface area (Å²) in [4.78, 5) is 13.7. The highest BCUT2D eigenvalue weighted by Gasteiger charge is 2.27. The predicted molar refractivity (Wildman–Crippen MR) is 94.6 cm³/mol. The molecule has 0 radical (unpaired) electrons. The van der Waals surface area contributed by atoms with Gasteiger partial charge < -0.3 is 19.7 Å². The SMILES string of the molecule is CCCCNC(=O)C1CC[NH+](Cc2ccc(OC)c(OC)c2)CC1. The van der Waals surface area contributed by atoms with Crippen molar-refractivity contribution in [2.24, 2.45) is 5.92 Å². The predicted octanol–water partition coefficient (Wildman–Crippen LogP) is 1.42. The van der Waals surface area contributed by atoms with Crippen LogP contribution in [-0.4, -0.2) is 39.8 Å². The maximum Gasteiger partial charge on any atom is 0.223 e. The van der Waals surface area contributed by atoms with Gasteiger partial charge in [0.25, 0.3) is 0 Å². The molecule has 0 bridgehead atoms. The van der Waals surface area contributed by atoms with Gasteiger partial charge in [-0.25, -0.2) is 0 Å². The van der Waals surface area contributed by atoms with E-state index >= 15 is 0 Å². The Morgan fingerprint density at radius 2 is 1.92 bits per heavy atom. The van der Waals surface area contributed by atoms with E-state index in [4.69, 9.17) is 9.47 Å². The van der Waals surface area contributed by atoms with Crippen LogP contribution in [0.15, 0.2) is 18.2 Å². The highest BCUT2D eigenvalue weighted by atomic mass is 16.5. The number of ether oxygens (including phenoxy) is 2. The van der Waals surface area contributed by atoms with E-state index in [9.17, 15) is 4.79 Å². The molecule has 1 saturated heterocycles. The molecule has 134 valence electrons. The van der Waals surface area contributed by atoms with Gasteiger partial charge in [-0.2, -0.15) is 0 Å². The molecule has 1 aromatic carbocycles. The van der Waals surface area contributed by atoms with Gasteiger partial charge in [-0.3, -0.25) is 4.79 Å². The Labute approximate surface area is 145 Å². The summed E-state index contributed by atoms with van der Waals surface area (Å²) in [7, 11) is 3.32. The van der Waals surface area contributed by atoms with Crippen molar-refractivity contribution in [1.29, 1.82) is 0 Å². The number of rotatable bonds is 8. The molecule has 1 aromatic rings. The molecule has 1 fully saturated rings. The third-order valence-electron chi connectivity index (χ3n) is 4.80. The van der Waals surface area contributed by atoms with Crippen molar-refractivity contribution in [1.82, 2.24) is 5.32 Å². The molecule has 0 spiro atoms. The number of piperidine rings is 1. The summed E-state index contributed by atoms with van der Waals surface area (Å²) >= 11 is 0. The second kappa shape index (κ2) is 9.52. The monoisotopic (exact) mass is 335 g/mol. The molecule has 1 heterocycles. The first kappa shape index (κ1) is 18.6. The average Bonchev–Trinajstić information content (AvgIpc) is 2.62. The number of hydrogen-bond acceptors (Lipinski definition) is 3. The topological polar surface area (TPSA) is 52.0 Å². The van der Waals surface area contributed by atoms with Gasteiger partial charge in [0.15, 0.2) is 11.5 Å². The van der Waals surface area contributed by atoms with Crippen molar-refractivity contribution >= 4 is 5.91 Å².